The highest BCUT2D eigenvalue weighted by molar-refractivity contribution is 7.89. The fourth-order valence-corrected chi connectivity index (χ4v) is 5.49. The van der Waals surface area contributed by atoms with Crippen LogP contribution in [0.1, 0.15) is 12.8 Å². The second kappa shape index (κ2) is 8.25. The highest BCUT2D eigenvalue weighted by atomic mass is 32.2. The third kappa shape index (κ3) is 4.08. The van der Waals surface area contributed by atoms with E-state index in [4.69, 9.17) is 4.74 Å². The Hall–Kier alpha value is -2.23. The van der Waals surface area contributed by atoms with Crippen LogP contribution in [0.3, 0.4) is 0 Å². The summed E-state index contributed by atoms with van der Waals surface area (Å²) in [5.74, 6) is 1.20. The molecule has 0 saturated carbocycles. The number of rotatable bonds is 5. The van der Waals surface area contributed by atoms with E-state index >= 15 is 0 Å². The van der Waals surface area contributed by atoms with Crippen molar-refractivity contribution in [3.63, 3.8) is 0 Å². The van der Waals surface area contributed by atoms with E-state index in [-0.39, 0.29) is 4.90 Å². The van der Waals surface area contributed by atoms with Crippen molar-refractivity contribution in [2.75, 3.05) is 58.3 Å². The minimum Gasteiger partial charge on any atom is -0.495 e. The lowest BCUT2D eigenvalue weighted by atomic mass is 10.1. The van der Waals surface area contributed by atoms with Crippen molar-refractivity contribution in [2.24, 2.45) is 0 Å². The largest absolute Gasteiger partial charge is 0.495 e. The highest BCUT2D eigenvalue weighted by Gasteiger charge is 2.30. The van der Waals surface area contributed by atoms with Crippen LogP contribution >= 0.6 is 0 Å². The highest BCUT2D eigenvalue weighted by Crippen LogP contribution is 2.32. The van der Waals surface area contributed by atoms with E-state index < -0.39 is 10.0 Å². The lowest BCUT2D eigenvalue weighted by Gasteiger charge is -2.32. The number of nitrogens with zero attached hydrogens (tertiary/aromatic N) is 5. The molecule has 2 saturated heterocycles. The van der Waals surface area contributed by atoms with Crippen molar-refractivity contribution in [2.45, 2.75) is 17.7 Å². The minimum atomic E-state index is -3.60. The average Bonchev–Trinajstić information content (AvgIpc) is 3.30. The van der Waals surface area contributed by atoms with Crippen LogP contribution in [0, 0.1) is 0 Å². The summed E-state index contributed by atoms with van der Waals surface area (Å²) in [6.07, 6.45) is 1.78. The summed E-state index contributed by atoms with van der Waals surface area (Å²) >= 11 is 0. The van der Waals surface area contributed by atoms with Crippen LogP contribution in [0.25, 0.3) is 11.3 Å². The van der Waals surface area contributed by atoms with E-state index in [0.29, 0.717) is 30.1 Å². The van der Waals surface area contributed by atoms with E-state index in [1.165, 1.54) is 11.4 Å². The van der Waals surface area contributed by atoms with Gasteiger partial charge in [0.1, 0.15) is 10.6 Å². The average molecular weight is 418 g/mol. The van der Waals surface area contributed by atoms with Gasteiger partial charge in [-0.25, -0.2) is 8.42 Å². The van der Waals surface area contributed by atoms with Gasteiger partial charge in [0.25, 0.3) is 0 Å². The molecular weight excluding hydrogens is 390 g/mol. The summed E-state index contributed by atoms with van der Waals surface area (Å²) in [7, 11) is 0.00819. The molecule has 2 aliphatic rings. The zero-order valence-corrected chi connectivity index (χ0v) is 17.7. The summed E-state index contributed by atoms with van der Waals surface area (Å²) in [5, 5.41) is 8.75. The van der Waals surface area contributed by atoms with E-state index in [1.807, 2.05) is 18.2 Å². The van der Waals surface area contributed by atoms with Crippen molar-refractivity contribution in [1.29, 1.82) is 0 Å². The molecule has 2 aliphatic heterocycles. The van der Waals surface area contributed by atoms with E-state index in [1.54, 1.807) is 12.1 Å². The van der Waals surface area contributed by atoms with Gasteiger partial charge in [0, 0.05) is 44.8 Å². The number of anilines is 1. The summed E-state index contributed by atoms with van der Waals surface area (Å²) in [6.45, 7) is 4.94. The third-order valence-corrected chi connectivity index (χ3v) is 7.54. The number of sulfonamides is 1. The van der Waals surface area contributed by atoms with Crippen LogP contribution in [-0.4, -0.2) is 81.2 Å². The number of hydrogen-bond donors (Lipinski definition) is 0. The number of piperazine rings is 1. The Labute approximate surface area is 172 Å². The first-order valence-electron chi connectivity index (χ1n) is 9.95. The Bertz CT molecular complexity index is 951. The molecule has 0 unspecified atom stereocenters. The molecule has 2 aromatic rings. The van der Waals surface area contributed by atoms with Gasteiger partial charge in [-0.05, 0) is 50.2 Å². The number of likely N-dealkylation sites (N-methyl/N-ethyl adjacent to an activating group) is 1. The molecule has 1 aromatic carbocycles. The molecule has 29 heavy (non-hydrogen) atoms. The molecule has 0 radical (unpaired) electrons. The number of ether oxygens (including phenoxy) is 1. The van der Waals surface area contributed by atoms with E-state index in [9.17, 15) is 8.42 Å². The van der Waals surface area contributed by atoms with Gasteiger partial charge in [-0.1, -0.05) is 0 Å². The predicted molar refractivity (Wildman–Crippen MR) is 112 cm³/mol. The maximum Gasteiger partial charge on any atom is 0.246 e. The van der Waals surface area contributed by atoms with E-state index in [0.717, 1.165) is 44.8 Å². The van der Waals surface area contributed by atoms with Gasteiger partial charge in [-0.3, -0.25) is 0 Å². The van der Waals surface area contributed by atoms with Crippen molar-refractivity contribution in [3.05, 3.63) is 30.3 Å². The minimum absolute atomic E-state index is 0.185. The molecule has 0 spiro atoms. The van der Waals surface area contributed by atoms with Gasteiger partial charge in [0.2, 0.25) is 10.0 Å². The Balaban J connectivity index is 1.62. The van der Waals surface area contributed by atoms with Crippen LogP contribution in [0.15, 0.2) is 35.2 Å². The molecule has 0 atom stereocenters. The summed E-state index contributed by atoms with van der Waals surface area (Å²) in [6, 6.07) is 9.00. The van der Waals surface area contributed by atoms with Crippen LogP contribution in [0.4, 0.5) is 5.82 Å². The summed E-state index contributed by atoms with van der Waals surface area (Å²) in [5.41, 5.74) is 1.35. The predicted octanol–water partition coefficient (Wildman–Crippen LogP) is 1.69. The van der Waals surface area contributed by atoms with Crippen LogP contribution in [0.5, 0.6) is 5.75 Å². The van der Waals surface area contributed by atoms with Gasteiger partial charge in [0.05, 0.1) is 12.8 Å². The molecule has 2 fully saturated rings. The lowest BCUT2D eigenvalue weighted by molar-refractivity contribution is 0.312. The Kier molecular flexibility index (Phi) is 5.71. The van der Waals surface area contributed by atoms with Crippen molar-refractivity contribution in [3.8, 4) is 17.0 Å². The maximum atomic E-state index is 13.1. The van der Waals surface area contributed by atoms with Crippen LogP contribution < -0.4 is 9.64 Å². The van der Waals surface area contributed by atoms with Gasteiger partial charge < -0.3 is 14.5 Å². The molecule has 0 amide bonds. The fourth-order valence-electron chi connectivity index (χ4n) is 3.79. The smallest absolute Gasteiger partial charge is 0.246 e. The van der Waals surface area contributed by atoms with Crippen LogP contribution in [-0.2, 0) is 10.0 Å². The van der Waals surface area contributed by atoms with Crippen molar-refractivity contribution < 1.29 is 13.2 Å². The molecule has 8 nitrogen and oxygen atoms in total. The normalized spacial score (nSPS) is 18.9. The Morgan fingerprint density at radius 3 is 2.28 bits per heavy atom. The molecule has 9 heteroatoms. The number of benzene rings is 1. The molecule has 156 valence electrons. The molecular formula is C20H27N5O3S. The van der Waals surface area contributed by atoms with Gasteiger partial charge in [-0.2, -0.15) is 4.31 Å². The molecule has 1 aromatic heterocycles. The Morgan fingerprint density at radius 2 is 1.66 bits per heavy atom. The molecule has 0 bridgehead atoms. The second-order valence-electron chi connectivity index (χ2n) is 7.54. The standard InChI is InChI=1S/C20H27N5O3S/c1-23-11-13-24(14-12-23)20-8-6-17(21-22-20)16-5-7-18(28-2)19(15-16)29(26,27)25-9-3-4-10-25/h5-8,15H,3-4,9-14H2,1-2H3. The van der Waals surface area contributed by atoms with Crippen LogP contribution in [0.2, 0.25) is 0 Å². The zero-order valence-electron chi connectivity index (χ0n) is 16.9. The SMILES string of the molecule is COc1ccc(-c2ccc(N3CCN(C)CC3)nn2)cc1S(=O)(=O)N1CCCC1. The molecule has 4 rings (SSSR count). The lowest BCUT2D eigenvalue weighted by Crippen LogP contribution is -2.44. The summed E-state index contributed by atoms with van der Waals surface area (Å²) < 4.78 is 33.0. The molecule has 0 N–H and O–H groups in total. The first-order chi connectivity index (χ1) is 14.0. The molecule has 0 aliphatic carbocycles. The second-order valence-corrected chi connectivity index (χ2v) is 9.45. The monoisotopic (exact) mass is 417 g/mol. The quantitative estimate of drug-likeness (QED) is 0.732. The number of aromatic nitrogens is 2. The topological polar surface area (TPSA) is 78.9 Å². The van der Waals surface area contributed by atoms with Gasteiger partial charge in [0.15, 0.2) is 5.82 Å². The fraction of sp³-hybridized carbons (Fsp3) is 0.500. The third-order valence-electron chi connectivity index (χ3n) is 5.62. The number of hydrogen-bond acceptors (Lipinski definition) is 7. The Morgan fingerprint density at radius 1 is 0.931 bits per heavy atom. The van der Waals surface area contributed by atoms with Gasteiger partial charge in [-0.15, -0.1) is 10.2 Å². The first-order valence-corrected chi connectivity index (χ1v) is 11.4. The molecule has 3 heterocycles. The zero-order chi connectivity index (χ0) is 20.4. The van der Waals surface area contributed by atoms with E-state index in [2.05, 4.69) is 27.0 Å². The summed E-state index contributed by atoms with van der Waals surface area (Å²) in [4.78, 5) is 4.69. The number of methoxy groups -OCH3 is 1. The van der Waals surface area contributed by atoms with Crippen molar-refractivity contribution >= 4 is 15.8 Å². The first kappa shape index (κ1) is 20.1. The van der Waals surface area contributed by atoms with Gasteiger partial charge >= 0.3 is 0 Å². The maximum absolute atomic E-state index is 13.1. The van der Waals surface area contributed by atoms with Crippen molar-refractivity contribution in [1.82, 2.24) is 19.4 Å².